The lowest BCUT2D eigenvalue weighted by atomic mass is 10.2. The second kappa shape index (κ2) is 9.93. The van der Waals surface area contributed by atoms with Crippen molar-refractivity contribution in [2.24, 2.45) is 0 Å². The highest BCUT2D eigenvalue weighted by atomic mass is 32.2. The molecule has 2 aliphatic rings. The monoisotopic (exact) mass is 519 g/mol. The Balaban J connectivity index is 1.47. The number of halogens is 1. The molecule has 2 aliphatic heterocycles. The van der Waals surface area contributed by atoms with Crippen LogP contribution in [0.1, 0.15) is 12.5 Å². The Kier molecular flexibility index (Phi) is 7.09. The van der Waals surface area contributed by atoms with Crippen molar-refractivity contribution in [3.63, 3.8) is 0 Å². The van der Waals surface area contributed by atoms with E-state index in [9.17, 15) is 23.2 Å². The summed E-state index contributed by atoms with van der Waals surface area (Å²) in [5, 5.41) is 23.5. The predicted molar refractivity (Wildman–Crippen MR) is 131 cm³/mol. The summed E-state index contributed by atoms with van der Waals surface area (Å²) in [5.41, 5.74) is 0.299. The van der Waals surface area contributed by atoms with E-state index in [0.717, 1.165) is 12.3 Å². The number of carbonyl (C=O) groups excluding carboxylic acids is 2. The number of ether oxygens (including phenoxy) is 1. The lowest BCUT2D eigenvalue weighted by Crippen LogP contribution is -2.58. The van der Waals surface area contributed by atoms with Gasteiger partial charge in [0.2, 0.25) is 15.9 Å². The Morgan fingerprint density at radius 1 is 1.28 bits per heavy atom. The second-order valence-electron chi connectivity index (χ2n) is 8.61. The third-order valence-corrected chi connectivity index (χ3v) is 8.22. The van der Waals surface area contributed by atoms with Crippen LogP contribution >= 0.6 is 0 Å². The van der Waals surface area contributed by atoms with E-state index in [-0.39, 0.29) is 67.0 Å². The Morgan fingerprint density at radius 3 is 2.61 bits per heavy atom. The van der Waals surface area contributed by atoms with Crippen LogP contribution in [0, 0.1) is 16.4 Å². The molecular formula is C23H26FN5O6S. The molecule has 36 heavy (non-hydrogen) atoms. The van der Waals surface area contributed by atoms with Crippen LogP contribution in [-0.2, 0) is 19.6 Å². The van der Waals surface area contributed by atoms with E-state index in [1.165, 1.54) is 40.4 Å². The zero-order valence-electron chi connectivity index (χ0n) is 19.5. The minimum Gasteiger partial charge on any atom is -0.627 e. The number of cyclic esters (lactones) is 1. The van der Waals surface area contributed by atoms with Crippen LogP contribution in [0.4, 0.5) is 20.6 Å². The summed E-state index contributed by atoms with van der Waals surface area (Å²) < 4.78 is 46.6. The molecular weight excluding hydrogens is 493 g/mol. The quantitative estimate of drug-likeness (QED) is 0.324. The second-order valence-corrected chi connectivity index (χ2v) is 10.5. The summed E-state index contributed by atoms with van der Waals surface area (Å²) in [5.74, 6) is -1.08. The van der Waals surface area contributed by atoms with Crippen LogP contribution in [-0.4, -0.2) is 76.3 Å². The number of hydrogen-bond donors (Lipinski definition) is 2. The van der Waals surface area contributed by atoms with Gasteiger partial charge in [0.05, 0.1) is 49.9 Å². The highest BCUT2D eigenvalue weighted by Crippen LogP contribution is 2.33. The highest BCUT2D eigenvalue weighted by molar-refractivity contribution is 7.89. The van der Waals surface area contributed by atoms with Gasteiger partial charge >= 0.3 is 6.09 Å². The smallest absolute Gasteiger partial charge is 0.414 e. The fourth-order valence-corrected chi connectivity index (χ4v) is 5.91. The minimum atomic E-state index is -3.93. The van der Waals surface area contributed by atoms with Crippen LogP contribution in [0.3, 0.4) is 0 Å². The van der Waals surface area contributed by atoms with Crippen LogP contribution in [0.15, 0.2) is 47.4 Å². The molecule has 2 amide bonds. The molecule has 0 bridgehead atoms. The molecule has 0 saturated carbocycles. The lowest BCUT2D eigenvalue weighted by molar-refractivity contribution is -0.119. The number of anilines is 1. The van der Waals surface area contributed by atoms with Crippen molar-refractivity contribution in [1.82, 2.24) is 14.3 Å². The molecule has 2 heterocycles. The zero-order valence-corrected chi connectivity index (χ0v) is 20.3. The van der Waals surface area contributed by atoms with Crippen molar-refractivity contribution in [1.29, 1.82) is 5.41 Å². The summed E-state index contributed by atoms with van der Waals surface area (Å²) in [6.45, 7) is 0.932. The van der Waals surface area contributed by atoms with Gasteiger partial charge in [0.25, 0.3) is 0 Å². The number of nitrogens with one attached hydrogen (secondary N) is 2. The van der Waals surface area contributed by atoms with Gasteiger partial charge < -0.3 is 25.3 Å². The number of carbonyl (C=O) groups is 2. The molecule has 2 fully saturated rings. The van der Waals surface area contributed by atoms with E-state index in [1.807, 2.05) is 0 Å². The molecule has 0 aliphatic carbocycles. The minimum absolute atomic E-state index is 0.0178. The number of quaternary nitrogens is 1. The Labute approximate surface area is 207 Å². The van der Waals surface area contributed by atoms with Gasteiger partial charge in [0.15, 0.2) is 11.5 Å². The average molecular weight is 520 g/mol. The van der Waals surface area contributed by atoms with Crippen molar-refractivity contribution in [3.8, 4) is 0 Å². The van der Waals surface area contributed by atoms with E-state index in [4.69, 9.17) is 10.1 Å². The van der Waals surface area contributed by atoms with Gasteiger partial charge in [0, 0.05) is 30.8 Å². The van der Waals surface area contributed by atoms with Gasteiger partial charge in [0.1, 0.15) is 6.10 Å². The zero-order chi connectivity index (χ0) is 26.1. The maximum Gasteiger partial charge on any atom is 0.414 e. The molecule has 192 valence electrons. The van der Waals surface area contributed by atoms with Crippen molar-refractivity contribution in [2.75, 3.05) is 44.2 Å². The topological polar surface area (TPSA) is 143 Å². The van der Waals surface area contributed by atoms with Crippen molar-refractivity contribution in [3.05, 3.63) is 59.1 Å². The highest BCUT2D eigenvalue weighted by Gasteiger charge is 2.38. The molecule has 2 N–H and O–H groups in total. The first-order chi connectivity index (χ1) is 17.0. The number of nitrogens with zero attached hydrogens (tertiary/aromatic N) is 3. The van der Waals surface area contributed by atoms with E-state index in [2.05, 4.69) is 5.32 Å². The molecule has 0 spiro atoms. The molecule has 13 heteroatoms. The Bertz CT molecular complexity index is 1300. The number of amides is 2. The number of sulfonamides is 1. The fraction of sp³-hybridized carbons (Fsp3) is 0.348. The normalized spacial score (nSPS) is 20.1. The Hall–Kier alpha value is -3.39. The molecule has 11 nitrogen and oxygen atoms in total. The fourth-order valence-electron chi connectivity index (χ4n) is 4.32. The van der Waals surface area contributed by atoms with Gasteiger partial charge in [-0.3, -0.25) is 9.69 Å². The largest absolute Gasteiger partial charge is 0.627 e. The summed E-state index contributed by atoms with van der Waals surface area (Å²) in [6, 6.07) is 9.96. The number of rotatable bonds is 7. The third-order valence-electron chi connectivity index (χ3n) is 6.25. The van der Waals surface area contributed by atoms with Gasteiger partial charge in [-0.15, -0.1) is 0 Å². The standard InChI is InChI=1S/C23H26FN5O6S/c1-16(30)26-14-19-15-28(23(31)35-19)18-6-7-21(20(24)12-18)29(32)10-8-27(9-11-29)36(33,34)22-5-3-2-4-17(22)13-25/h2-7,12-13,19,25H,8-11,14-15H2,1H3,(H,26,30)/t19-/m0/s1. The maximum absolute atomic E-state index is 15.1. The summed E-state index contributed by atoms with van der Waals surface area (Å²) in [4.78, 5) is 24.5. The Morgan fingerprint density at radius 2 is 1.97 bits per heavy atom. The number of hydroxylamine groups is 2. The summed E-state index contributed by atoms with van der Waals surface area (Å²) >= 11 is 0. The summed E-state index contributed by atoms with van der Waals surface area (Å²) in [7, 11) is -3.93. The molecule has 1 atom stereocenters. The van der Waals surface area contributed by atoms with Crippen LogP contribution < -0.4 is 14.9 Å². The van der Waals surface area contributed by atoms with Crippen LogP contribution in [0.5, 0.6) is 0 Å². The number of benzene rings is 2. The molecule has 0 unspecified atom stereocenters. The van der Waals surface area contributed by atoms with Gasteiger partial charge in [-0.05, 0) is 12.1 Å². The molecule has 2 saturated heterocycles. The van der Waals surface area contributed by atoms with Gasteiger partial charge in [-0.1, -0.05) is 18.2 Å². The van der Waals surface area contributed by atoms with E-state index >= 15 is 4.39 Å². The van der Waals surface area contributed by atoms with E-state index in [1.54, 1.807) is 12.1 Å². The molecule has 2 aromatic carbocycles. The van der Waals surface area contributed by atoms with Gasteiger partial charge in [-0.2, -0.15) is 4.31 Å². The number of piperazine rings is 1. The first-order valence-electron chi connectivity index (χ1n) is 11.3. The van der Waals surface area contributed by atoms with Crippen molar-refractivity contribution >= 4 is 39.6 Å². The summed E-state index contributed by atoms with van der Waals surface area (Å²) in [6.07, 6.45) is -0.317. The first-order valence-corrected chi connectivity index (χ1v) is 12.7. The molecule has 0 aromatic heterocycles. The molecule has 4 rings (SSSR count). The predicted octanol–water partition coefficient (Wildman–Crippen LogP) is 1.79. The van der Waals surface area contributed by atoms with E-state index in [0.29, 0.717) is 0 Å². The van der Waals surface area contributed by atoms with Gasteiger partial charge in [-0.25, -0.2) is 17.6 Å². The van der Waals surface area contributed by atoms with Crippen LogP contribution in [0.2, 0.25) is 0 Å². The van der Waals surface area contributed by atoms with Crippen molar-refractivity contribution < 1.29 is 27.1 Å². The molecule has 2 aromatic rings. The number of hydrogen-bond acceptors (Lipinski definition) is 7. The maximum atomic E-state index is 15.1. The lowest BCUT2D eigenvalue weighted by Gasteiger charge is -2.47. The molecule has 0 radical (unpaired) electrons. The average Bonchev–Trinajstić information content (AvgIpc) is 3.23. The van der Waals surface area contributed by atoms with E-state index < -0.39 is 32.7 Å². The van der Waals surface area contributed by atoms with Crippen molar-refractivity contribution in [2.45, 2.75) is 17.9 Å². The van der Waals surface area contributed by atoms with Crippen LogP contribution in [0.25, 0.3) is 0 Å². The third kappa shape index (κ3) is 4.95. The first kappa shape index (κ1) is 25.7. The SMILES string of the molecule is CC(=O)NC[C@H]1CN(c2ccc([N+]3([O-])CCN(S(=O)(=O)c4ccccc4C=N)CC3)c(F)c2)C(=O)O1.